The van der Waals surface area contributed by atoms with E-state index >= 15 is 0 Å². The van der Waals surface area contributed by atoms with Crippen LogP contribution in [0.1, 0.15) is 6.92 Å². The summed E-state index contributed by atoms with van der Waals surface area (Å²) in [4.78, 5) is 26.5. The number of nitrogens with one attached hydrogen (secondary N) is 2. The second kappa shape index (κ2) is 7.32. The van der Waals surface area contributed by atoms with Crippen molar-refractivity contribution in [1.82, 2.24) is 10.6 Å². The zero-order valence-electron chi connectivity index (χ0n) is 15.1. The molecule has 27 heavy (non-hydrogen) atoms. The predicted octanol–water partition coefficient (Wildman–Crippen LogP) is 0.464. The molecule has 3 aliphatic rings. The van der Waals surface area contributed by atoms with Crippen LogP contribution in [0.5, 0.6) is 0 Å². The van der Waals surface area contributed by atoms with Crippen LogP contribution in [0.25, 0.3) is 0 Å². The first-order valence-electron chi connectivity index (χ1n) is 9.14. The highest BCUT2D eigenvalue weighted by molar-refractivity contribution is 5.90. The van der Waals surface area contributed by atoms with E-state index < -0.39 is 12.2 Å². The van der Waals surface area contributed by atoms with Gasteiger partial charge in [-0.1, -0.05) is 0 Å². The van der Waals surface area contributed by atoms with Gasteiger partial charge in [-0.05, 0) is 18.2 Å². The number of nitrogens with zero attached hydrogens (tertiary/aromatic N) is 2. The molecule has 4 rings (SSSR count). The molecule has 3 fully saturated rings. The van der Waals surface area contributed by atoms with Crippen LogP contribution in [0.3, 0.4) is 0 Å². The van der Waals surface area contributed by atoms with Gasteiger partial charge < -0.3 is 25.0 Å². The first-order valence-corrected chi connectivity index (χ1v) is 9.14. The molecular formula is C18H23FN4O4. The van der Waals surface area contributed by atoms with E-state index in [4.69, 9.17) is 9.47 Å². The van der Waals surface area contributed by atoms with E-state index in [1.165, 1.54) is 17.9 Å². The van der Waals surface area contributed by atoms with Crippen molar-refractivity contribution in [2.45, 2.75) is 25.2 Å². The van der Waals surface area contributed by atoms with Gasteiger partial charge in [0.2, 0.25) is 5.91 Å². The maximum atomic E-state index is 14.9. The lowest BCUT2D eigenvalue weighted by molar-refractivity contribution is -0.119. The van der Waals surface area contributed by atoms with Crippen LogP contribution >= 0.6 is 0 Å². The molecule has 0 radical (unpaired) electrons. The van der Waals surface area contributed by atoms with Gasteiger partial charge in [0.25, 0.3) is 0 Å². The van der Waals surface area contributed by atoms with Gasteiger partial charge in [0.1, 0.15) is 11.9 Å². The van der Waals surface area contributed by atoms with Crippen LogP contribution in [0.2, 0.25) is 0 Å². The number of carbonyl (C=O) groups excluding carboxylic acids is 2. The summed E-state index contributed by atoms with van der Waals surface area (Å²) in [5.41, 5.74) is 0.962. The molecule has 3 heterocycles. The molecule has 0 aliphatic carbocycles. The van der Waals surface area contributed by atoms with E-state index in [0.717, 1.165) is 13.1 Å². The minimum atomic E-state index is -0.538. The SMILES string of the molecule is CC(=O)NCC1CN(c2ccc(N3CCOC4CNCC43)c(F)c2)C(=O)O1. The Hall–Kier alpha value is -2.39. The number of benzene rings is 1. The lowest BCUT2D eigenvalue weighted by Gasteiger charge is -2.38. The number of halogens is 1. The molecule has 9 heteroatoms. The maximum absolute atomic E-state index is 14.9. The van der Waals surface area contributed by atoms with Crippen LogP contribution in [-0.2, 0) is 14.3 Å². The van der Waals surface area contributed by atoms with Crippen molar-refractivity contribution in [3.63, 3.8) is 0 Å². The number of amides is 2. The summed E-state index contributed by atoms with van der Waals surface area (Å²) in [7, 11) is 0. The van der Waals surface area contributed by atoms with Gasteiger partial charge in [-0.3, -0.25) is 9.69 Å². The lowest BCUT2D eigenvalue weighted by atomic mass is 10.1. The first kappa shape index (κ1) is 18.0. The van der Waals surface area contributed by atoms with Crippen LogP contribution in [0.4, 0.5) is 20.6 Å². The number of anilines is 2. The van der Waals surface area contributed by atoms with Crippen molar-refractivity contribution >= 4 is 23.4 Å². The molecule has 3 saturated heterocycles. The van der Waals surface area contributed by atoms with Gasteiger partial charge in [-0.25, -0.2) is 9.18 Å². The molecule has 2 N–H and O–H groups in total. The van der Waals surface area contributed by atoms with E-state index in [1.807, 2.05) is 4.90 Å². The topological polar surface area (TPSA) is 83.1 Å². The molecule has 3 aliphatic heterocycles. The summed E-state index contributed by atoms with van der Waals surface area (Å²) in [6.07, 6.45) is -0.918. The van der Waals surface area contributed by atoms with Crippen molar-refractivity contribution in [2.24, 2.45) is 0 Å². The molecule has 1 aromatic rings. The van der Waals surface area contributed by atoms with E-state index in [2.05, 4.69) is 10.6 Å². The van der Waals surface area contributed by atoms with Gasteiger partial charge in [-0.2, -0.15) is 0 Å². The third-order valence-corrected chi connectivity index (χ3v) is 5.20. The molecule has 0 saturated carbocycles. The van der Waals surface area contributed by atoms with Gasteiger partial charge >= 0.3 is 6.09 Å². The number of carbonyl (C=O) groups is 2. The number of ether oxygens (including phenoxy) is 2. The van der Waals surface area contributed by atoms with E-state index in [9.17, 15) is 14.0 Å². The van der Waals surface area contributed by atoms with E-state index in [-0.39, 0.29) is 37.0 Å². The van der Waals surface area contributed by atoms with Gasteiger partial charge in [0.05, 0.1) is 43.2 Å². The van der Waals surface area contributed by atoms with Crippen molar-refractivity contribution in [1.29, 1.82) is 0 Å². The summed E-state index contributed by atoms with van der Waals surface area (Å²) >= 11 is 0. The molecule has 2 amide bonds. The molecular weight excluding hydrogens is 355 g/mol. The third-order valence-electron chi connectivity index (χ3n) is 5.20. The van der Waals surface area contributed by atoms with Crippen molar-refractivity contribution in [2.75, 3.05) is 49.1 Å². The Labute approximate surface area is 156 Å². The largest absolute Gasteiger partial charge is 0.442 e. The summed E-state index contributed by atoms with van der Waals surface area (Å²) in [5.74, 6) is -0.566. The Bertz CT molecular complexity index is 746. The van der Waals surface area contributed by atoms with Crippen LogP contribution < -0.4 is 20.4 Å². The van der Waals surface area contributed by atoms with Gasteiger partial charge in [0.15, 0.2) is 0 Å². The number of fused-ring (bicyclic) bond motifs is 1. The Balaban J connectivity index is 1.48. The number of cyclic esters (lactones) is 1. The zero-order chi connectivity index (χ0) is 19.0. The van der Waals surface area contributed by atoms with Crippen molar-refractivity contribution in [3.05, 3.63) is 24.0 Å². The molecule has 146 valence electrons. The maximum Gasteiger partial charge on any atom is 0.414 e. The normalized spacial score (nSPS) is 27.5. The molecule has 3 atom stereocenters. The summed E-state index contributed by atoms with van der Waals surface area (Å²) in [5, 5.41) is 5.91. The Morgan fingerprint density at radius 2 is 2.26 bits per heavy atom. The van der Waals surface area contributed by atoms with Gasteiger partial charge in [0, 0.05) is 26.6 Å². The molecule has 3 unspecified atom stereocenters. The Morgan fingerprint density at radius 3 is 3.04 bits per heavy atom. The summed E-state index contributed by atoms with van der Waals surface area (Å²) < 4.78 is 25.9. The average molecular weight is 378 g/mol. The van der Waals surface area contributed by atoms with Crippen LogP contribution in [0, 0.1) is 5.82 Å². The molecule has 8 nitrogen and oxygen atoms in total. The second-order valence-corrected chi connectivity index (χ2v) is 7.02. The third kappa shape index (κ3) is 3.57. The smallest absolute Gasteiger partial charge is 0.414 e. The number of hydrogen-bond acceptors (Lipinski definition) is 6. The van der Waals surface area contributed by atoms with Gasteiger partial charge in [-0.15, -0.1) is 0 Å². The quantitative estimate of drug-likeness (QED) is 0.792. The highest BCUT2D eigenvalue weighted by atomic mass is 19.1. The van der Waals surface area contributed by atoms with Crippen LogP contribution in [-0.4, -0.2) is 69.6 Å². The first-order chi connectivity index (χ1) is 13.0. The Kier molecular flexibility index (Phi) is 4.88. The Morgan fingerprint density at radius 1 is 1.41 bits per heavy atom. The molecule has 0 spiro atoms. The summed E-state index contributed by atoms with van der Waals surface area (Å²) in [6.45, 7) is 4.63. The minimum Gasteiger partial charge on any atom is -0.442 e. The number of rotatable bonds is 4. The standard InChI is InChI=1S/C18H23FN4O4/c1-11(24)21-7-13-10-23(18(25)27-13)12-2-3-15(14(19)6-12)22-4-5-26-17-9-20-8-16(17)22/h2-3,6,13,16-17,20H,4-5,7-10H2,1H3,(H,21,24). The number of morpholine rings is 1. The lowest BCUT2D eigenvalue weighted by Crippen LogP contribution is -2.51. The zero-order valence-corrected chi connectivity index (χ0v) is 15.1. The van der Waals surface area contributed by atoms with Crippen molar-refractivity contribution < 1.29 is 23.5 Å². The van der Waals surface area contributed by atoms with Crippen molar-refractivity contribution in [3.8, 4) is 0 Å². The highest BCUT2D eigenvalue weighted by Crippen LogP contribution is 2.31. The molecule has 0 aromatic heterocycles. The van der Waals surface area contributed by atoms with E-state index in [1.54, 1.807) is 12.1 Å². The summed E-state index contributed by atoms with van der Waals surface area (Å²) in [6, 6.07) is 4.91. The fourth-order valence-corrected chi connectivity index (χ4v) is 3.88. The van der Waals surface area contributed by atoms with Crippen LogP contribution in [0.15, 0.2) is 18.2 Å². The minimum absolute atomic E-state index is 0.0703. The second-order valence-electron chi connectivity index (χ2n) is 7.02. The monoisotopic (exact) mass is 378 g/mol. The average Bonchev–Trinajstić information content (AvgIpc) is 3.26. The number of hydrogen-bond donors (Lipinski definition) is 2. The molecule has 0 bridgehead atoms. The van der Waals surface area contributed by atoms with E-state index in [0.29, 0.717) is 24.5 Å². The highest BCUT2D eigenvalue weighted by Gasteiger charge is 2.38. The fraction of sp³-hybridized carbons (Fsp3) is 0.556. The molecule has 1 aromatic carbocycles. The fourth-order valence-electron chi connectivity index (χ4n) is 3.88. The predicted molar refractivity (Wildman–Crippen MR) is 96.4 cm³/mol.